The molecule has 0 amide bonds. The first-order chi connectivity index (χ1) is 8.80. The van der Waals surface area contributed by atoms with Gasteiger partial charge in [-0.1, -0.05) is 0 Å². The van der Waals surface area contributed by atoms with Crippen molar-refractivity contribution in [2.45, 2.75) is 31.0 Å². The molecule has 1 aromatic rings. The largest absolute Gasteiger partial charge is 0.477 e. The van der Waals surface area contributed by atoms with E-state index in [-0.39, 0.29) is 35.9 Å². The number of sulfonamides is 1. The molecule has 0 bridgehead atoms. The summed E-state index contributed by atoms with van der Waals surface area (Å²) in [5.41, 5.74) is -0.145. The maximum absolute atomic E-state index is 12.4. The fourth-order valence-corrected chi connectivity index (χ4v) is 3.71. The van der Waals surface area contributed by atoms with E-state index < -0.39 is 16.0 Å². The molecule has 19 heavy (non-hydrogen) atoms. The second-order valence-corrected chi connectivity index (χ2v) is 6.57. The number of carboxylic acid groups (broad SMARTS) is 1. The van der Waals surface area contributed by atoms with Crippen molar-refractivity contribution in [3.63, 3.8) is 0 Å². The molecule has 0 aromatic carbocycles. The van der Waals surface area contributed by atoms with Crippen LogP contribution in [0, 0.1) is 0 Å². The van der Waals surface area contributed by atoms with Crippen molar-refractivity contribution in [2.75, 3.05) is 13.1 Å². The molecule has 0 aliphatic carbocycles. The number of carbonyl (C=O) groups is 1. The molecule has 0 unspecified atom stereocenters. The van der Waals surface area contributed by atoms with Crippen LogP contribution < -0.4 is 0 Å². The molecule has 1 aliphatic rings. The number of rotatable bonds is 3. The molecule has 106 valence electrons. The van der Waals surface area contributed by atoms with Crippen LogP contribution >= 0.6 is 0 Å². The highest BCUT2D eigenvalue weighted by atomic mass is 32.2. The minimum atomic E-state index is -3.68. The smallest absolute Gasteiger partial charge is 0.352 e. The predicted molar refractivity (Wildman–Crippen MR) is 66.5 cm³/mol. The standard InChI is InChI=1S/C11H16N2O5S/c1-7-5-13(6-8(2)18-7)19(16,17)9-3-10(11(14)15)12-4-9/h3-4,7-8,12H,5-6H2,1-2H3,(H,14,15)/t7-,8+. The summed E-state index contributed by atoms with van der Waals surface area (Å²) in [6.07, 6.45) is 0.830. The summed E-state index contributed by atoms with van der Waals surface area (Å²) < 4.78 is 31.5. The van der Waals surface area contributed by atoms with Crippen LogP contribution in [0.3, 0.4) is 0 Å². The average Bonchev–Trinajstić information content (AvgIpc) is 2.77. The highest BCUT2D eigenvalue weighted by Crippen LogP contribution is 2.21. The molecule has 0 radical (unpaired) electrons. The third kappa shape index (κ3) is 2.80. The second kappa shape index (κ2) is 4.95. The zero-order chi connectivity index (χ0) is 14.2. The molecular weight excluding hydrogens is 272 g/mol. The lowest BCUT2D eigenvalue weighted by atomic mass is 10.3. The van der Waals surface area contributed by atoms with Crippen LogP contribution in [0.5, 0.6) is 0 Å². The molecule has 1 aliphatic heterocycles. The molecule has 1 fully saturated rings. The van der Waals surface area contributed by atoms with Crippen molar-refractivity contribution in [1.29, 1.82) is 0 Å². The Morgan fingerprint density at radius 1 is 1.42 bits per heavy atom. The van der Waals surface area contributed by atoms with Crippen LogP contribution in [0.4, 0.5) is 0 Å². The topological polar surface area (TPSA) is 99.7 Å². The van der Waals surface area contributed by atoms with Crippen LogP contribution in [-0.4, -0.2) is 54.1 Å². The maximum atomic E-state index is 12.4. The first-order valence-corrected chi connectivity index (χ1v) is 7.32. The van der Waals surface area contributed by atoms with E-state index in [4.69, 9.17) is 9.84 Å². The Morgan fingerprint density at radius 3 is 2.47 bits per heavy atom. The Kier molecular flexibility index (Phi) is 3.66. The molecule has 1 aromatic heterocycles. The molecule has 2 N–H and O–H groups in total. The van der Waals surface area contributed by atoms with Gasteiger partial charge < -0.3 is 14.8 Å². The first kappa shape index (κ1) is 14.0. The summed E-state index contributed by atoms with van der Waals surface area (Å²) in [6, 6.07) is 1.13. The summed E-state index contributed by atoms with van der Waals surface area (Å²) >= 11 is 0. The SMILES string of the molecule is C[C@@H]1CN(S(=O)(=O)c2c[nH]c(C(=O)O)c2)C[C@H](C)O1. The van der Waals surface area contributed by atoms with Gasteiger partial charge in [-0.05, 0) is 19.9 Å². The van der Waals surface area contributed by atoms with Crippen molar-refractivity contribution in [3.05, 3.63) is 18.0 Å². The van der Waals surface area contributed by atoms with Crippen molar-refractivity contribution in [3.8, 4) is 0 Å². The number of nitrogens with zero attached hydrogens (tertiary/aromatic N) is 1. The molecule has 2 heterocycles. The zero-order valence-electron chi connectivity index (χ0n) is 10.7. The van der Waals surface area contributed by atoms with Crippen LogP contribution in [0.1, 0.15) is 24.3 Å². The molecule has 2 atom stereocenters. The van der Waals surface area contributed by atoms with E-state index in [2.05, 4.69) is 4.98 Å². The van der Waals surface area contributed by atoms with Gasteiger partial charge in [0.05, 0.1) is 12.2 Å². The van der Waals surface area contributed by atoms with E-state index in [1.807, 2.05) is 0 Å². The van der Waals surface area contributed by atoms with Gasteiger partial charge in [0.25, 0.3) is 0 Å². The Balaban J connectivity index is 2.28. The zero-order valence-corrected chi connectivity index (χ0v) is 11.5. The minimum Gasteiger partial charge on any atom is -0.477 e. The summed E-state index contributed by atoms with van der Waals surface area (Å²) in [5, 5.41) is 8.80. The number of aromatic carboxylic acids is 1. The minimum absolute atomic E-state index is 0.0359. The van der Waals surface area contributed by atoms with Crippen LogP contribution in [0.25, 0.3) is 0 Å². The number of carboxylic acids is 1. The van der Waals surface area contributed by atoms with E-state index in [0.717, 1.165) is 6.07 Å². The number of aromatic amines is 1. The van der Waals surface area contributed by atoms with Gasteiger partial charge in [-0.25, -0.2) is 13.2 Å². The van der Waals surface area contributed by atoms with E-state index in [1.165, 1.54) is 10.5 Å². The number of hydrogen-bond donors (Lipinski definition) is 2. The summed E-state index contributed by atoms with van der Waals surface area (Å²) in [5.74, 6) is -1.19. The number of ether oxygens (including phenoxy) is 1. The second-order valence-electron chi connectivity index (χ2n) is 4.63. The van der Waals surface area contributed by atoms with Gasteiger partial charge >= 0.3 is 5.97 Å². The van der Waals surface area contributed by atoms with Crippen LogP contribution in [-0.2, 0) is 14.8 Å². The number of nitrogens with one attached hydrogen (secondary N) is 1. The number of aromatic nitrogens is 1. The average molecular weight is 288 g/mol. The summed E-state index contributed by atoms with van der Waals surface area (Å²) in [4.78, 5) is 13.2. The lowest BCUT2D eigenvalue weighted by molar-refractivity contribution is -0.0440. The Morgan fingerprint density at radius 2 is 2.00 bits per heavy atom. The van der Waals surface area contributed by atoms with Crippen molar-refractivity contribution >= 4 is 16.0 Å². The Labute approximate surface area is 111 Å². The van der Waals surface area contributed by atoms with E-state index in [0.29, 0.717) is 0 Å². The highest BCUT2D eigenvalue weighted by molar-refractivity contribution is 7.89. The lowest BCUT2D eigenvalue weighted by Gasteiger charge is -2.34. The molecule has 7 nitrogen and oxygen atoms in total. The Hall–Kier alpha value is -1.38. The Bertz CT molecular complexity index is 570. The fourth-order valence-electron chi connectivity index (χ4n) is 2.12. The molecule has 1 saturated heterocycles. The molecular formula is C11H16N2O5S. The summed E-state index contributed by atoms with van der Waals surface area (Å²) in [6.45, 7) is 4.14. The van der Waals surface area contributed by atoms with Crippen molar-refractivity contribution in [2.24, 2.45) is 0 Å². The predicted octanol–water partition coefficient (Wildman–Crippen LogP) is 0.511. The van der Waals surface area contributed by atoms with Gasteiger partial charge in [-0.15, -0.1) is 0 Å². The van der Waals surface area contributed by atoms with E-state index >= 15 is 0 Å². The monoisotopic (exact) mass is 288 g/mol. The normalized spacial score (nSPS) is 25.4. The van der Waals surface area contributed by atoms with Gasteiger partial charge in [0.1, 0.15) is 10.6 Å². The quantitative estimate of drug-likeness (QED) is 0.844. The van der Waals surface area contributed by atoms with E-state index in [9.17, 15) is 13.2 Å². The van der Waals surface area contributed by atoms with Crippen molar-refractivity contribution in [1.82, 2.24) is 9.29 Å². The molecule has 0 saturated carbocycles. The number of hydrogen-bond acceptors (Lipinski definition) is 4. The molecule has 2 rings (SSSR count). The molecule has 8 heteroatoms. The first-order valence-electron chi connectivity index (χ1n) is 5.88. The van der Waals surface area contributed by atoms with Gasteiger partial charge in [0, 0.05) is 19.3 Å². The van der Waals surface area contributed by atoms with Crippen LogP contribution in [0.15, 0.2) is 17.2 Å². The number of H-pyrrole nitrogens is 1. The maximum Gasteiger partial charge on any atom is 0.352 e. The lowest BCUT2D eigenvalue weighted by Crippen LogP contribution is -2.47. The van der Waals surface area contributed by atoms with E-state index in [1.54, 1.807) is 13.8 Å². The third-order valence-electron chi connectivity index (χ3n) is 2.91. The van der Waals surface area contributed by atoms with Gasteiger partial charge in [0.2, 0.25) is 10.0 Å². The highest BCUT2D eigenvalue weighted by Gasteiger charge is 2.33. The van der Waals surface area contributed by atoms with Gasteiger partial charge in [-0.2, -0.15) is 4.31 Å². The van der Waals surface area contributed by atoms with Crippen LogP contribution in [0.2, 0.25) is 0 Å². The number of morpholine rings is 1. The van der Waals surface area contributed by atoms with Crippen molar-refractivity contribution < 1.29 is 23.1 Å². The molecule has 0 spiro atoms. The fraction of sp³-hybridized carbons (Fsp3) is 0.545. The summed E-state index contributed by atoms with van der Waals surface area (Å²) in [7, 11) is -3.68. The van der Waals surface area contributed by atoms with Gasteiger partial charge in [0.15, 0.2) is 0 Å². The third-order valence-corrected chi connectivity index (χ3v) is 4.72. The van der Waals surface area contributed by atoms with Gasteiger partial charge in [-0.3, -0.25) is 0 Å².